The van der Waals surface area contributed by atoms with E-state index in [-0.39, 0.29) is 0 Å². The molecule has 4 heteroatoms. The van der Waals surface area contributed by atoms with Gasteiger partial charge < -0.3 is 15.4 Å². The van der Waals surface area contributed by atoms with Gasteiger partial charge in [-0.2, -0.15) is 0 Å². The minimum atomic E-state index is 0.576. The fourth-order valence-corrected chi connectivity index (χ4v) is 1.57. The molecule has 0 heterocycles. The second-order valence-corrected chi connectivity index (χ2v) is 4.06. The zero-order valence-electron chi connectivity index (χ0n) is 10.0. The highest BCUT2D eigenvalue weighted by atomic mass is 32.1. The molecule has 0 spiro atoms. The van der Waals surface area contributed by atoms with E-state index in [2.05, 4.69) is 10.6 Å². The van der Waals surface area contributed by atoms with Crippen LogP contribution < -0.4 is 15.4 Å². The van der Waals surface area contributed by atoms with Crippen molar-refractivity contribution in [3.05, 3.63) is 54.6 Å². The number of anilines is 1. The molecule has 3 nitrogen and oxygen atoms in total. The van der Waals surface area contributed by atoms with Crippen molar-refractivity contribution in [2.24, 2.45) is 0 Å². The molecule has 0 fully saturated rings. The van der Waals surface area contributed by atoms with E-state index in [1.165, 1.54) is 0 Å². The smallest absolute Gasteiger partial charge is 0.170 e. The first kappa shape index (κ1) is 12.4. The molecule has 2 rings (SSSR count). The summed E-state index contributed by atoms with van der Waals surface area (Å²) in [5.41, 5.74) is 0.891. The molecule has 2 aromatic rings. The van der Waals surface area contributed by atoms with Crippen LogP contribution in [0.4, 0.5) is 5.69 Å². The van der Waals surface area contributed by atoms with Crippen LogP contribution in [-0.4, -0.2) is 12.2 Å². The lowest BCUT2D eigenvalue weighted by Crippen LogP contribution is -2.23. The molecule has 0 aliphatic heterocycles. The van der Waals surface area contributed by atoms with Crippen LogP contribution >= 0.6 is 12.2 Å². The van der Waals surface area contributed by atoms with Gasteiger partial charge in [-0.05, 0) is 36.5 Å². The number of ether oxygens (including phenoxy) is 1. The van der Waals surface area contributed by atoms with Crippen molar-refractivity contribution in [3.8, 4) is 11.5 Å². The average molecular weight is 258 g/mol. The maximum absolute atomic E-state index is 5.73. The Morgan fingerprint density at radius 1 is 1.00 bits per heavy atom. The Balaban J connectivity index is 2.10. The highest BCUT2D eigenvalue weighted by Gasteiger charge is 1.99. The van der Waals surface area contributed by atoms with E-state index in [1.54, 1.807) is 7.05 Å². The Hall–Kier alpha value is -2.07. The third-order valence-corrected chi connectivity index (χ3v) is 2.60. The lowest BCUT2D eigenvalue weighted by atomic mass is 10.3. The first-order valence-electron chi connectivity index (χ1n) is 5.59. The molecule has 0 aliphatic rings. The summed E-state index contributed by atoms with van der Waals surface area (Å²) >= 11 is 5.05. The minimum absolute atomic E-state index is 0.576. The Morgan fingerprint density at radius 3 is 2.44 bits per heavy atom. The maximum Gasteiger partial charge on any atom is 0.170 e. The van der Waals surface area contributed by atoms with Crippen LogP contribution in [0.2, 0.25) is 0 Å². The molecule has 0 unspecified atom stereocenters. The monoisotopic (exact) mass is 258 g/mol. The zero-order chi connectivity index (χ0) is 12.8. The van der Waals surface area contributed by atoms with Crippen molar-refractivity contribution in [3.63, 3.8) is 0 Å². The van der Waals surface area contributed by atoms with Crippen molar-refractivity contribution in [2.75, 3.05) is 12.4 Å². The fourth-order valence-electron chi connectivity index (χ4n) is 1.46. The van der Waals surface area contributed by atoms with E-state index in [4.69, 9.17) is 17.0 Å². The molecule has 92 valence electrons. The Labute approximate surface area is 112 Å². The fraction of sp³-hybridized carbons (Fsp3) is 0.0714. The molecular weight excluding hydrogens is 244 g/mol. The molecule has 0 bridgehead atoms. The van der Waals surface area contributed by atoms with Gasteiger partial charge >= 0.3 is 0 Å². The van der Waals surface area contributed by atoms with Gasteiger partial charge in [-0.15, -0.1) is 0 Å². The van der Waals surface area contributed by atoms with Gasteiger partial charge in [-0.25, -0.2) is 0 Å². The molecule has 2 N–H and O–H groups in total. The molecule has 0 atom stereocenters. The zero-order valence-corrected chi connectivity index (χ0v) is 10.8. The van der Waals surface area contributed by atoms with Crippen LogP contribution in [0.25, 0.3) is 0 Å². The lowest BCUT2D eigenvalue weighted by Gasteiger charge is -2.09. The molecule has 18 heavy (non-hydrogen) atoms. The Morgan fingerprint density at radius 2 is 1.72 bits per heavy atom. The van der Waals surface area contributed by atoms with Crippen LogP contribution in [0.3, 0.4) is 0 Å². The highest BCUT2D eigenvalue weighted by molar-refractivity contribution is 7.80. The van der Waals surface area contributed by atoms with E-state index >= 15 is 0 Å². The molecule has 0 radical (unpaired) electrons. The van der Waals surface area contributed by atoms with E-state index in [0.717, 1.165) is 17.2 Å². The number of hydrogen-bond acceptors (Lipinski definition) is 2. The van der Waals surface area contributed by atoms with Gasteiger partial charge in [0.25, 0.3) is 0 Å². The van der Waals surface area contributed by atoms with Gasteiger partial charge in [0, 0.05) is 18.8 Å². The average Bonchev–Trinajstić information content (AvgIpc) is 2.40. The molecule has 0 aromatic heterocycles. The number of para-hydroxylation sites is 1. The summed E-state index contributed by atoms with van der Waals surface area (Å²) in [6.45, 7) is 0. The Bertz CT molecular complexity index is 528. The second kappa shape index (κ2) is 6.02. The third-order valence-electron chi connectivity index (χ3n) is 2.30. The normalized spacial score (nSPS) is 9.61. The highest BCUT2D eigenvalue weighted by Crippen LogP contribution is 2.23. The molecule has 0 aliphatic carbocycles. The molecular formula is C14H14N2OS. The van der Waals surface area contributed by atoms with Crippen molar-refractivity contribution >= 4 is 23.0 Å². The molecule has 0 saturated heterocycles. The summed E-state index contributed by atoms with van der Waals surface area (Å²) in [5, 5.41) is 6.50. The van der Waals surface area contributed by atoms with Gasteiger partial charge in [-0.1, -0.05) is 24.3 Å². The summed E-state index contributed by atoms with van der Waals surface area (Å²) < 4.78 is 5.73. The standard InChI is InChI=1S/C14H14N2OS/c1-15-14(18)16-11-6-5-9-13(10-11)17-12-7-3-2-4-8-12/h2-10H,1H3,(H2,15,16,18). The number of benzene rings is 2. The van der Waals surface area contributed by atoms with Crippen molar-refractivity contribution in [1.82, 2.24) is 5.32 Å². The van der Waals surface area contributed by atoms with Crippen molar-refractivity contribution < 1.29 is 4.74 Å². The summed E-state index contributed by atoms with van der Waals surface area (Å²) in [6, 6.07) is 17.3. The lowest BCUT2D eigenvalue weighted by molar-refractivity contribution is 0.483. The van der Waals surface area contributed by atoms with Crippen molar-refractivity contribution in [1.29, 1.82) is 0 Å². The summed E-state index contributed by atoms with van der Waals surface area (Å²) in [6.07, 6.45) is 0. The van der Waals surface area contributed by atoms with E-state index in [0.29, 0.717) is 5.11 Å². The predicted octanol–water partition coefficient (Wildman–Crippen LogP) is 3.40. The van der Waals surface area contributed by atoms with Crippen molar-refractivity contribution in [2.45, 2.75) is 0 Å². The van der Waals surface area contributed by atoms with E-state index < -0.39 is 0 Å². The first-order chi connectivity index (χ1) is 8.78. The summed E-state index contributed by atoms with van der Waals surface area (Å²) in [4.78, 5) is 0. The third kappa shape index (κ3) is 3.46. The van der Waals surface area contributed by atoms with Gasteiger partial charge in [0.15, 0.2) is 5.11 Å². The Kier molecular flexibility index (Phi) is 4.15. The van der Waals surface area contributed by atoms with Crippen LogP contribution in [0.1, 0.15) is 0 Å². The van der Waals surface area contributed by atoms with Gasteiger partial charge in [-0.3, -0.25) is 0 Å². The van der Waals surface area contributed by atoms with Crippen LogP contribution in [0, 0.1) is 0 Å². The molecule has 0 saturated carbocycles. The topological polar surface area (TPSA) is 33.3 Å². The van der Waals surface area contributed by atoms with E-state index in [1.807, 2.05) is 54.6 Å². The van der Waals surface area contributed by atoms with Gasteiger partial charge in [0.05, 0.1) is 0 Å². The number of rotatable bonds is 3. The second-order valence-electron chi connectivity index (χ2n) is 3.65. The largest absolute Gasteiger partial charge is 0.457 e. The maximum atomic E-state index is 5.73. The summed E-state index contributed by atoms with van der Waals surface area (Å²) in [7, 11) is 1.78. The van der Waals surface area contributed by atoms with E-state index in [9.17, 15) is 0 Å². The minimum Gasteiger partial charge on any atom is -0.457 e. The predicted molar refractivity (Wildman–Crippen MR) is 78.2 cm³/mol. The number of hydrogen-bond donors (Lipinski definition) is 2. The van der Waals surface area contributed by atoms with Crippen LogP contribution in [0.5, 0.6) is 11.5 Å². The molecule has 0 amide bonds. The molecule has 2 aromatic carbocycles. The number of nitrogens with one attached hydrogen (secondary N) is 2. The van der Waals surface area contributed by atoms with Gasteiger partial charge in [0.2, 0.25) is 0 Å². The number of thiocarbonyl (C=S) groups is 1. The first-order valence-corrected chi connectivity index (χ1v) is 6.00. The SMILES string of the molecule is CNC(=S)Nc1cccc(Oc2ccccc2)c1. The van der Waals surface area contributed by atoms with Crippen LogP contribution in [-0.2, 0) is 0 Å². The van der Waals surface area contributed by atoms with Crippen LogP contribution in [0.15, 0.2) is 54.6 Å². The quantitative estimate of drug-likeness (QED) is 0.827. The summed E-state index contributed by atoms with van der Waals surface area (Å²) in [5.74, 6) is 1.58. The van der Waals surface area contributed by atoms with Gasteiger partial charge in [0.1, 0.15) is 11.5 Å².